The maximum Gasteiger partial charge on any atom is 0.279 e. The Morgan fingerprint density at radius 2 is 1.56 bits per heavy atom. The molecule has 0 bridgehead atoms. The Bertz CT molecular complexity index is 816. The number of hydrogen-bond donors (Lipinski definition) is 0. The smallest absolute Gasteiger partial charge is 0.279 e. The Morgan fingerprint density at radius 1 is 1.08 bits per heavy atom. The molecule has 0 unspecified atom stereocenters. The van der Waals surface area contributed by atoms with Crippen molar-refractivity contribution in [3.8, 4) is 0 Å². The SMILES string of the molecule is Cc1c([N+](=O)[O-])cc(C(=O)N(C)Cc2ccc(F)cc2)cc1[N+](=O)[O-]. The van der Waals surface area contributed by atoms with Crippen molar-refractivity contribution < 1.29 is 19.0 Å². The van der Waals surface area contributed by atoms with Crippen molar-refractivity contribution in [1.82, 2.24) is 4.90 Å². The van der Waals surface area contributed by atoms with Crippen LogP contribution in [0.25, 0.3) is 0 Å². The van der Waals surface area contributed by atoms with Crippen LogP contribution in [0, 0.1) is 33.0 Å². The number of nitrogens with zero attached hydrogens (tertiary/aromatic N) is 3. The average molecular weight is 347 g/mol. The molecule has 0 radical (unpaired) electrons. The predicted molar refractivity (Wildman–Crippen MR) is 86.7 cm³/mol. The molecular weight excluding hydrogens is 333 g/mol. The number of benzene rings is 2. The molecule has 8 nitrogen and oxygen atoms in total. The predicted octanol–water partition coefficient (Wildman–Crippen LogP) is 3.22. The molecule has 9 heteroatoms. The quantitative estimate of drug-likeness (QED) is 0.610. The van der Waals surface area contributed by atoms with Crippen molar-refractivity contribution in [1.29, 1.82) is 0 Å². The highest BCUT2D eigenvalue weighted by atomic mass is 19.1. The Morgan fingerprint density at radius 3 is 2.00 bits per heavy atom. The van der Waals surface area contributed by atoms with Gasteiger partial charge in [-0.05, 0) is 24.6 Å². The van der Waals surface area contributed by atoms with Crippen LogP contribution < -0.4 is 0 Å². The van der Waals surface area contributed by atoms with Crippen LogP contribution in [0.4, 0.5) is 15.8 Å². The minimum Gasteiger partial charge on any atom is -0.337 e. The first-order valence-corrected chi connectivity index (χ1v) is 7.14. The minimum absolute atomic E-state index is 0.118. The fraction of sp³-hybridized carbons (Fsp3) is 0.188. The van der Waals surface area contributed by atoms with Crippen molar-refractivity contribution in [2.24, 2.45) is 0 Å². The number of halogens is 1. The molecule has 2 aromatic rings. The highest BCUT2D eigenvalue weighted by Gasteiger charge is 2.26. The lowest BCUT2D eigenvalue weighted by Crippen LogP contribution is -2.26. The molecule has 0 aliphatic carbocycles. The molecule has 1 amide bonds. The van der Waals surface area contributed by atoms with Crippen LogP contribution in [0.15, 0.2) is 36.4 Å². The van der Waals surface area contributed by atoms with E-state index in [1.807, 2.05) is 0 Å². The van der Waals surface area contributed by atoms with Crippen molar-refractivity contribution in [2.75, 3.05) is 7.05 Å². The summed E-state index contributed by atoms with van der Waals surface area (Å²) in [6, 6.07) is 7.53. The molecule has 0 N–H and O–H groups in total. The topological polar surface area (TPSA) is 107 Å². The van der Waals surface area contributed by atoms with E-state index in [-0.39, 0.29) is 17.7 Å². The van der Waals surface area contributed by atoms with Gasteiger partial charge in [0.05, 0.1) is 15.4 Å². The first kappa shape index (κ1) is 18.0. The molecule has 2 rings (SSSR count). The lowest BCUT2D eigenvalue weighted by molar-refractivity contribution is -0.395. The van der Waals surface area contributed by atoms with Crippen molar-refractivity contribution >= 4 is 17.3 Å². The fourth-order valence-corrected chi connectivity index (χ4v) is 2.34. The van der Waals surface area contributed by atoms with E-state index in [1.54, 1.807) is 0 Å². The summed E-state index contributed by atoms with van der Waals surface area (Å²) >= 11 is 0. The van der Waals surface area contributed by atoms with Crippen LogP contribution in [0.1, 0.15) is 21.5 Å². The number of hydrogen-bond acceptors (Lipinski definition) is 5. The van der Waals surface area contributed by atoms with Crippen LogP contribution in [0.3, 0.4) is 0 Å². The number of carbonyl (C=O) groups excluding carboxylic acids is 1. The van der Waals surface area contributed by atoms with E-state index in [9.17, 15) is 29.4 Å². The Labute approximate surface area is 141 Å². The van der Waals surface area contributed by atoms with Crippen LogP contribution in [0.2, 0.25) is 0 Å². The normalized spacial score (nSPS) is 10.4. The van der Waals surface area contributed by atoms with Gasteiger partial charge < -0.3 is 4.90 Å². The third kappa shape index (κ3) is 3.94. The van der Waals surface area contributed by atoms with Gasteiger partial charge in [-0.1, -0.05) is 12.1 Å². The maximum absolute atomic E-state index is 12.9. The molecule has 0 aromatic heterocycles. The zero-order chi connectivity index (χ0) is 18.7. The number of carbonyl (C=O) groups is 1. The molecule has 0 saturated heterocycles. The second-order valence-electron chi connectivity index (χ2n) is 5.44. The van der Waals surface area contributed by atoms with Gasteiger partial charge in [-0.15, -0.1) is 0 Å². The van der Waals surface area contributed by atoms with E-state index >= 15 is 0 Å². The Kier molecular flexibility index (Phi) is 5.06. The monoisotopic (exact) mass is 347 g/mol. The zero-order valence-corrected chi connectivity index (χ0v) is 13.4. The van der Waals surface area contributed by atoms with Crippen molar-refractivity contribution in [3.05, 3.63) is 79.1 Å². The fourth-order valence-electron chi connectivity index (χ4n) is 2.34. The number of nitro benzene ring substituents is 2. The van der Waals surface area contributed by atoms with Gasteiger partial charge in [0.1, 0.15) is 11.4 Å². The summed E-state index contributed by atoms with van der Waals surface area (Å²) in [5.74, 6) is -1.03. The zero-order valence-electron chi connectivity index (χ0n) is 13.4. The molecule has 0 saturated carbocycles. The van der Waals surface area contributed by atoms with Crippen LogP contribution in [-0.2, 0) is 6.54 Å². The average Bonchev–Trinajstić information content (AvgIpc) is 2.55. The molecule has 0 atom stereocenters. The largest absolute Gasteiger partial charge is 0.337 e. The molecule has 25 heavy (non-hydrogen) atoms. The molecule has 0 spiro atoms. The molecule has 2 aromatic carbocycles. The lowest BCUT2D eigenvalue weighted by Gasteiger charge is -2.17. The van der Waals surface area contributed by atoms with Gasteiger partial charge in [0.15, 0.2) is 0 Å². The minimum atomic E-state index is -0.765. The van der Waals surface area contributed by atoms with Crippen molar-refractivity contribution in [3.63, 3.8) is 0 Å². The highest BCUT2D eigenvalue weighted by molar-refractivity contribution is 5.95. The molecular formula is C16H14FN3O5. The second-order valence-corrected chi connectivity index (χ2v) is 5.44. The van der Waals surface area contributed by atoms with Crippen molar-refractivity contribution in [2.45, 2.75) is 13.5 Å². The van der Waals surface area contributed by atoms with E-state index in [0.29, 0.717) is 5.56 Å². The summed E-state index contributed by atoms with van der Waals surface area (Å²) in [6.07, 6.45) is 0. The summed E-state index contributed by atoms with van der Waals surface area (Å²) in [5.41, 5.74) is -0.616. The third-order valence-corrected chi connectivity index (χ3v) is 3.67. The summed E-state index contributed by atoms with van der Waals surface area (Å²) in [7, 11) is 1.45. The van der Waals surface area contributed by atoms with E-state index in [2.05, 4.69) is 0 Å². The van der Waals surface area contributed by atoms with Gasteiger partial charge in [0.2, 0.25) is 0 Å². The van der Waals surface area contributed by atoms with Gasteiger partial charge in [-0.3, -0.25) is 25.0 Å². The maximum atomic E-state index is 12.9. The van der Waals surface area contributed by atoms with Gasteiger partial charge in [-0.25, -0.2) is 4.39 Å². The molecule has 0 fully saturated rings. The Hall–Kier alpha value is -3.36. The molecule has 130 valence electrons. The van der Waals surface area contributed by atoms with Gasteiger partial charge in [0.25, 0.3) is 17.3 Å². The first-order chi connectivity index (χ1) is 11.7. The molecule has 0 aliphatic rings. The van der Waals surface area contributed by atoms with Gasteiger partial charge in [0, 0.05) is 25.7 Å². The van der Waals surface area contributed by atoms with Crippen LogP contribution >= 0.6 is 0 Å². The van der Waals surface area contributed by atoms with Gasteiger partial charge in [-0.2, -0.15) is 0 Å². The summed E-state index contributed by atoms with van der Waals surface area (Å²) < 4.78 is 12.9. The van der Waals surface area contributed by atoms with Crippen LogP contribution in [-0.4, -0.2) is 27.7 Å². The first-order valence-electron chi connectivity index (χ1n) is 7.14. The number of amides is 1. The van der Waals surface area contributed by atoms with E-state index in [1.165, 1.54) is 43.1 Å². The molecule has 0 aliphatic heterocycles. The number of rotatable bonds is 5. The highest BCUT2D eigenvalue weighted by Crippen LogP contribution is 2.30. The van der Waals surface area contributed by atoms with E-state index in [4.69, 9.17) is 0 Å². The summed E-state index contributed by atoms with van der Waals surface area (Å²) in [6.45, 7) is 1.38. The number of nitro groups is 2. The molecule has 0 heterocycles. The Balaban J connectivity index is 2.35. The third-order valence-electron chi connectivity index (χ3n) is 3.67. The lowest BCUT2D eigenvalue weighted by atomic mass is 10.1. The van der Waals surface area contributed by atoms with E-state index in [0.717, 1.165) is 12.1 Å². The summed E-state index contributed by atoms with van der Waals surface area (Å²) in [5, 5.41) is 22.2. The standard InChI is InChI=1S/C16H14FN3O5/c1-10-14(19(22)23)7-12(8-15(10)20(24)25)16(21)18(2)9-11-3-5-13(17)6-4-11/h3-8H,9H2,1-2H3. The van der Waals surface area contributed by atoms with Crippen LogP contribution in [0.5, 0.6) is 0 Å². The van der Waals surface area contributed by atoms with E-state index < -0.39 is 32.9 Å². The van der Waals surface area contributed by atoms with Gasteiger partial charge >= 0.3 is 0 Å². The summed E-state index contributed by atoms with van der Waals surface area (Å²) in [4.78, 5) is 34.4. The second kappa shape index (κ2) is 7.04.